The molecule has 7 nitrogen and oxygen atoms in total. The summed E-state index contributed by atoms with van der Waals surface area (Å²) in [6, 6.07) is 6.67. The summed E-state index contributed by atoms with van der Waals surface area (Å²) >= 11 is 3.48. The largest absolute Gasteiger partial charge is 0.294 e. The van der Waals surface area contributed by atoms with Crippen LogP contribution in [0.1, 0.15) is 23.5 Å². The van der Waals surface area contributed by atoms with Gasteiger partial charge in [0.1, 0.15) is 0 Å². The molecule has 114 valence electrons. The van der Waals surface area contributed by atoms with Crippen molar-refractivity contribution in [3.8, 4) is 0 Å². The van der Waals surface area contributed by atoms with Gasteiger partial charge in [0.25, 0.3) is 5.69 Å². The Morgan fingerprint density at radius 2 is 2.00 bits per heavy atom. The minimum absolute atomic E-state index is 0.120. The number of aromatic amines is 1. The number of H-pyrrole nitrogens is 1. The zero-order chi connectivity index (χ0) is 15.7. The molecular weight excluding hydrogens is 350 g/mol. The van der Waals surface area contributed by atoms with Crippen LogP contribution in [0.25, 0.3) is 5.65 Å². The van der Waals surface area contributed by atoms with Crippen molar-refractivity contribution >= 4 is 27.3 Å². The average Bonchev–Trinajstić information content (AvgIpc) is 3.01. The van der Waals surface area contributed by atoms with Crippen LogP contribution >= 0.6 is 15.9 Å². The van der Waals surface area contributed by atoms with Gasteiger partial charge in [-0.3, -0.25) is 15.2 Å². The van der Waals surface area contributed by atoms with Crippen LogP contribution in [0.15, 0.2) is 28.7 Å². The third-order valence-electron chi connectivity index (χ3n) is 3.55. The van der Waals surface area contributed by atoms with Gasteiger partial charge < -0.3 is 0 Å². The van der Waals surface area contributed by atoms with E-state index in [4.69, 9.17) is 0 Å². The van der Waals surface area contributed by atoms with Crippen LogP contribution in [0.4, 0.5) is 5.69 Å². The number of nitro groups is 1. The number of rotatable bonds is 5. The molecule has 0 atom stereocenters. The molecule has 0 aliphatic heterocycles. The first kappa shape index (κ1) is 14.7. The van der Waals surface area contributed by atoms with E-state index in [1.54, 1.807) is 12.1 Å². The van der Waals surface area contributed by atoms with Crippen LogP contribution in [-0.4, -0.2) is 24.7 Å². The Kier molecular flexibility index (Phi) is 3.93. The molecule has 0 spiro atoms. The molecule has 2 aromatic heterocycles. The summed E-state index contributed by atoms with van der Waals surface area (Å²) in [5, 5.41) is 22.2. The maximum atomic E-state index is 10.6. The number of fused-ring (bicyclic) bond motifs is 1. The quantitative estimate of drug-likeness (QED) is 0.556. The fourth-order valence-corrected chi connectivity index (χ4v) is 2.70. The molecule has 0 bridgehead atoms. The van der Waals surface area contributed by atoms with E-state index >= 15 is 0 Å². The second-order valence-corrected chi connectivity index (χ2v) is 5.90. The molecule has 0 amide bonds. The van der Waals surface area contributed by atoms with E-state index in [0.717, 1.165) is 46.5 Å². The molecule has 2 heterocycles. The minimum atomic E-state index is -0.387. The summed E-state index contributed by atoms with van der Waals surface area (Å²) in [6.07, 6.45) is 2.52. The van der Waals surface area contributed by atoms with Crippen molar-refractivity contribution in [1.82, 2.24) is 19.8 Å². The summed E-state index contributed by atoms with van der Waals surface area (Å²) in [5.74, 6) is 0.880. The Morgan fingerprint density at radius 1 is 1.27 bits per heavy atom. The maximum Gasteiger partial charge on any atom is 0.269 e. The Hall–Kier alpha value is -2.22. The van der Waals surface area contributed by atoms with Gasteiger partial charge in [0.15, 0.2) is 11.5 Å². The van der Waals surface area contributed by atoms with Crippen molar-refractivity contribution in [2.45, 2.75) is 26.2 Å². The molecule has 0 saturated heterocycles. The third-order valence-corrected chi connectivity index (χ3v) is 4.50. The summed E-state index contributed by atoms with van der Waals surface area (Å²) in [4.78, 5) is 10.2. The van der Waals surface area contributed by atoms with Crippen molar-refractivity contribution < 1.29 is 4.92 Å². The fraction of sp³-hybridized carbons (Fsp3) is 0.286. The van der Waals surface area contributed by atoms with Crippen LogP contribution in [0, 0.1) is 17.0 Å². The van der Waals surface area contributed by atoms with Gasteiger partial charge in [-0.15, -0.1) is 10.2 Å². The highest BCUT2D eigenvalue weighted by Gasteiger charge is 2.12. The number of hydrogen-bond acceptors (Lipinski definition) is 4. The Bertz CT molecular complexity index is 822. The molecule has 1 aromatic carbocycles. The summed E-state index contributed by atoms with van der Waals surface area (Å²) < 4.78 is 2.82. The van der Waals surface area contributed by atoms with Crippen LogP contribution in [0.5, 0.6) is 0 Å². The second-order valence-electron chi connectivity index (χ2n) is 5.10. The van der Waals surface area contributed by atoms with Crippen molar-refractivity contribution in [3.05, 3.63) is 55.9 Å². The Morgan fingerprint density at radius 3 is 2.68 bits per heavy atom. The average molecular weight is 364 g/mol. The van der Waals surface area contributed by atoms with E-state index in [0.29, 0.717) is 0 Å². The molecule has 0 aliphatic carbocycles. The molecule has 22 heavy (non-hydrogen) atoms. The molecule has 1 N–H and O–H groups in total. The lowest BCUT2D eigenvalue weighted by Crippen LogP contribution is -1.98. The highest BCUT2D eigenvalue weighted by atomic mass is 79.9. The van der Waals surface area contributed by atoms with E-state index in [-0.39, 0.29) is 10.6 Å². The SMILES string of the molecule is Cc1[nH]n2c(CCCc3ccc([N+](=O)[O-])cc3)nnc2c1Br. The molecule has 3 aromatic rings. The molecular formula is C14H14BrN5O2. The van der Waals surface area contributed by atoms with Crippen LogP contribution in [-0.2, 0) is 12.8 Å². The number of nitrogens with zero attached hydrogens (tertiary/aromatic N) is 4. The van der Waals surface area contributed by atoms with Gasteiger partial charge in [0.05, 0.1) is 9.40 Å². The summed E-state index contributed by atoms with van der Waals surface area (Å²) in [5.41, 5.74) is 3.01. The lowest BCUT2D eigenvalue weighted by atomic mass is 10.1. The van der Waals surface area contributed by atoms with Crippen molar-refractivity contribution in [2.24, 2.45) is 0 Å². The maximum absolute atomic E-state index is 10.6. The first-order chi connectivity index (χ1) is 10.6. The second kappa shape index (κ2) is 5.88. The van der Waals surface area contributed by atoms with E-state index < -0.39 is 0 Å². The number of aromatic nitrogens is 4. The number of non-ortho nitro benzene ring substituents is 1. The standard InChI is InChI=1S/C14H14BrN5O2/c1-9-13(15)14-17-16-12(19(14)18-9)4-2-3-10-5-7-11(8-6-10)20(21)22/h5-8,18H,2-4H2,1H3. The number of benzene rings is 1. The molecule has 0 unspecified atom stereocenters. The summed E-state index contributed by atoms with van der Waals surface area (Å²) in [7, 11) is 0. The predicted molar refractivity (Wildman–Crippen MR) is 84.9 cm³/mol. The van der Waals surface area contributed by atoms with E-state index in [1.807, 2.05) is 11.4 Å². The van der Waals surface area contributed by atoms with Gasteiger partial charge in [0.2, 0.25) is 0 Å². The van der Waals surface area contributed by atoms with Gasteiger partial charge >= 0.3 is 0 Å². The van der Waals surface area contributed by atoms with Crippen LogP contribution in [0.3, 0.4) is 0 Å². The number of halogens is 1. The number of nitrogens with one attached hydrogen (secondary N) is 1. The fourth-order valence-electron chi connectivity index (χ4n) is 2.36. The zero-order valence-electron chi connectivity index (χ0n) is 11.9. The van der Waals surface area contributed by atoms with Crippen molar-refractivity contribution in [1.29, 1.82) is 0 Å². The Balaban J connectivity index is 1.64. The predicted octanol–water partition coefficient (Wildman–Crippen LogP) is 3.21. The first-order valence-electron chi connectivity index (χ1n) is 6.87. The van der Waals surface area contributed by atoms with Crippen LogP contribution < -0.4 is 0 Å². The van der Waals surface area contributed by atoms with Crippen LogP contribution in [0.2, 0.25) is 0 Å². The molecule has 0 fully saturated rings. The van der Waals surface area contributed by atoms with Gasteiger partial charge in [0, 0.05) is 24.2 Å². The third kappa shape index (κ3) is 2.74. The van der Waals surface area contributed by atoms with Crippen molar-refractivity contribution in [3.63, 3.8) is 0 Å². The van der Waals surface area contributed by atoms with E-state index in [1.165, 1.54) is 12.1 Å². The van der Waals surface area contributed by atoms with Gasteiger partial charge in [-0.25, -0.2) is 4.52 Å². The lowest BCUT2D eigenvalue weighted by Gasteiger charge is -2.00. The van der Waals surface area contributed by atoms with Gasteiger partial charge in [-0.2, -0.15) is 0 Å². The number of aryl methyl sites for hydroxylation is 3. The number of nitro benzene ring substituents is 1. The first-order valence-corrected chi connectivity index (χ1v) is 7.67. The Labute approximate surface area is 134 Å². The molecule has 0 radical (unpaired) electrons. The van der Waals surface area contributed by atoms with E-state index in [9.17, 15) is 10.1 Å². The molecule has 0 saturated carbocycles. The smallest absolute Gasteiger partial charge is 0.269 e. The minimum Gasteiger partial charge on any atom is -0.294 e. The lowest BCUT2D eigenvalue weighted by molar-refractivity contribution is -0.384. The molecule has 0 aliphatic rings. The normalized spacial score (nSPS) is 11.2. The molecule has 3 rings (SSSR count). The topological polar surface area (TPSA) is 89.1 Å². The zero-order valence-corrected chi connectivity index (χ0v) is 13.5. The number of hydrogen-bond donors (Lipinski definition) is 1. The van der Waals surface area contributed by atoms with Gasteiger partial charge in [-0.1, -0.05) is 12.1 Å². The van der Waals surface area contributed by atoms with E-state index in [2.05, 4.69) is 31.2 Å². The van der Waals surface area contributed by atoms with Gasteiger partial charge in [-0.05, 0) is 41.3 Å². The highest BCUT2D eigenvalue weighted by molar-refractivity contribution is 9.10. The van der Waals surface area contributed by atoms with Crippen molar-refractivity contribution in [2.75, 3.05) is 0 Å². The highest BCUT2D eigenvalue weighted by Crippen LogP contribution is 2.21. The molecule has 8 heteroatoms. The summed E-state index contributed by atoms with van der Waals surface area (Å²) in [6.45, 7) is 1.97. The monoisotopic (exact) mass is 363 g/mol.